The van der Waals surface area contributed by atoms with Crippen LogP contribution in [0.15, 0.2) is 11.1 Å². The van der Waals surface area contributed by atoms with E-state index in [1.807, 2.05) is 13.8 Å². The molecule has 0 N–H and O–H groups in total. The van der Waals surface area contributed by atoms with Crippen molar-refractivity contribution < 1.29 is 9.53 Å². The van der Waals surface area contributed by atoms with Crippen LogP contribution < -0.4 is 0 Å². The molecule has 2 nitrogen and oxygen atoms in total. The van der Waals surface area contributed by atoms with E-state index in [0.29, 0.717) is 0 Å². The first-order valence-electron chi connectivity index (χ1n) is 4.21. The third-order valence-corrected chi connectivity index (χ3v) is 3.61. The van der Waals surface area contributed by atoms with Crippen LogP contribution >= 0.6 is 23.4 Å². The highest BCUT2D eigenvalue weighted by Crippen LogP contribution is 2.27. The van der Waals surface area contributed by atoms with Crippen molar-refractivity contribution in [3.63, 3.8) is 0 Å². The molecule has 2 unspecified atom stereocenters. The van der Waals surface area contributed by atoms with E-state index in [1.165, 1.54) is 0 Å². The lowest BCUT2D eigenvalue weighted by Crippen LogP contribution is -2.10. The monoisotopic (exact) mass is 220 g/mol. The van der Waals surface area contributed by atoms with Gasteiger partial charge in [-0.2, -0.15) is 0 Å². The van der Waals surface area contributed by atoms with Crippen molar-refractivity contribution in [3.05, 3.63) is 11.1 Å². The summed E-state index contributed by atoms with van der Waals surface area (Å²) in [6.45, 7) is 3.87. The molecule has 0 aromatic carbocycles. The van der Waals surface area contributed by atoms with E-state index in [4.69, 9.17) is 16.3 Å². The van der Waals surface area contributed by atoms with Crippen LogP contribution in [0.1, 0.15) is 20.3 Å². The van der Waals surface area contributed by atoms with Gasteiger partial charge < -0.3 is 4.74 Å². The van der Waals surface area contributed by atoms with E-state index in [2.05, 4.69) is 0 Å². The first-order valence-corrected chi connectivity index (χ1v) is 5.70. The highest BCUT2D eigenvalue weighted by molar-refractivity contribution is 8.00. The molecule has 0 aromatic rings. The summed E-state index contributed by atoms with van der Waals surface area (Å²) in [7, 11) is 0. The van der Waals surface area contributed by atoms with Gasteiger partial charge in [0.05, 0.1) is 0 Å². The molecular weight excluding hydrogens is 208 g/mol. The van der Waals surface area contributed by atoms with E-state index in [1.54, 1.807) is 17.3 Å². The number of rotatable bonds is 3. The summed E-state index contributed by atoms with van der Waals surface area (Å²) >= 11 is 7.11. The van der Waals surface area contributed by atoms with Crippen LogP contribution in [-0.2, 0) is 9.53 Å². The standard InChI is InChI=1S/C9H13ClO2S/c1-6(4-10)5-13-8-3-7(2)12-9(8)11/h4,7-8H,3,5H2,1-2H3/b6-4+. The van der Waals surface area contributed by atoms with Crippen LogP contribution in [0.5, 0.6) is 0 Å². The molecule has 0 saturated carbocycles. The molecule has 1 aliphatic rings. The van der Waals surface area contributed by atoms with Crippen molar-refractivity contribution in [3.8, 4) is 0 Å². The molecule has 0 bridgehead atoms. The summed E-state index contributed by atoms with van der Waals surface area (Å²) in [5, 5.41) is 0.00145. The topological polar surface area (TPSA) is 26.3 Å². The Balaban J connectivity index is 2.34. The van der Waals surface area contributed by atoms with Gasteiger partial charge in [-0.05, 0) is 13.8 Å². The molecule has 4 heteroatoms. The maximum Gasteiger partial charge on any atom is 0.319 e. The number of cyclic esters (lactones) is 1. The SMILES string of the molecule is C/C(=C\Cl)CSC1CC(C)OC1=O. The second-order valence-corrected chi connectivity index (χ2v) is 4.65. The Bertz CT molecular complexity index is 228. The minimum Gasteiger partial charge on any atom is -0.462 e. The molecule has 1 saturated heterocycles. The number of carbonyl (C=O) groups excluding carboxylic acids is 1. The normalized spacial score (nSPS) is 29.2. The van der Waals surface area contributed by atoms with Gasteiger partial charge in [0.25, 0.3) is 0 Å². The van der Waals surface area contributed by atoms with Gasteiger partial charge in [0.2, 0.25) is 0 Å². The second kappa shape index (κ2) is 4.91. The summed E-state index contributed by atoms with van der Waals surface area (Å²) in [4.78, 5) is 11.2. The van der Waals surface area contributed by atoms with Crippen molar-refractivity contribution in [2.24, 2.45) is 0 Å². The summed E-state index contributed by atoms with van der Waals surface area (Å²) in [6, 6.07) is 0. The lowest BCUT2D eigenvalue weighted by molar-refractivity contribution is -0.140. The molecule has 0 radical (unpaired) electrons. The zero-order valence-electron chi connectivity index (χ0n) is 7.75. The minimum absolute atomic E-state index is 0.00145. The van der Waals surface area contributed by atoms with Crippen LogP contribution in [0.3, 0.4) is 0 Å². The van der Waals surface area contributed by atoms with Crippen molar-refractivity contribution in [2.75, 3.05) is 5.75 Å². The van der Waals surface area contributed by atoms with Gasteiger partial charge in [-0.25, -0.2) is 0 Å². The molecule has 0 amide bonds. The Labute approximate surface area is 87.7 Å². The molecule has 1 aliphatic heterocycles. The van der Waals surface area contributed by atoms with Gasteiger partial charge >= 0.3 is 5.97 Å². The highest BCUT2D eigenvalue weighted by Gasteiger charge is 2.31. The third kappa shape index (κ3) is 3.24. The van der Waals surface area contributed by atoms with Gasteiger partial charge in [0.1, 0.15) is 11.4 Å². The number of thioether (sulfide) groups is 1. The Morgan fingerprint density at radius 3 is 3.00 bits per heavy atom. The lowest BCUT2D eigenvalue weighted by atomic mass is 10.3. The Morgan fingerprint density at radius 2 is 2.54 bits per heavy atom. The largest absolute Gasteiger partial charge is 0.462 e. The van der Waals surface area contributed by atoms with Crippen LogP contribution in [0, 0.1) is 0 Å². The maximum atomic E-state index is 11.2. The number of halogens is 1. The van der Waals surface area contributed by atoms with Crippen LogP contribution in [0.4, 0.5) is 0 Å². The maximum absolute atomic E-state index is 11.2. The molecule has 0 aliphatic carbocycles. The zero-order valence-corrected chi connectivity index (χ0v) is 9.32. The van der Waals surface area contributed by atoms with E-state index < -0.39 is 0 Å². The second-order valence-electron chi connectivity index (χ2n) is 3.24. The summed E-state index contributed by atoms with van der Waals surface area (Å²) in [5.74, 6) is 0.718. The molecule has 1 rings (SSSR count). The fraction of sp³-hybridized carbons (Fsp3) is 0.667. The first kappa shape index (κ1) is 10.9. The summed E-state index contributed by atoms with van der Waals surface area (Å²) in [6.07, 6.45) is 0.893. The van der Waals surface area contributed by atoms with Gasteiger partial charge in [-0.1, -0.05) is 17.2 Å². The van der Waals surface area contributed by atoms with Gasteiger partial charge in [-0.15, -0.1) is 11.8 Å². The quantitative estimate of drug-likeness (QED) is 0.684. The number of hydrogen-bond acceptors (Lipinski definition) is 3. The van der Waals surface area contributed by atoms with E-state index in [-0.39, 0.29) is 17.3 Å². The number of esters is 1. The molecule has 0 spiro atoms. The van der Waals surface area contributed by atoms with Crippen molar-refractivity contribution >= 4 is 29.3 Å². The number of hydrogen-bond donors (Lipinski definition) is 0. The Kier molecular flexibility index (Phi) is 4.13. The Hall–Kier alpha value is -0.150. The molecule has 2 atom stereocenters. The first-order chi connectivity index (χ1) is 6.13. The number of carbonyl (C=O) groups is 1. The summed E-state index contributed by atoms with van der Waals surface area (Å²) in [5.41, 5.74) is 2.63. The smallest absolute Gasteiger partial charge is 0.319 e. The van der Waals surface area contributed by atoms with Gasteiger partial charge in [0, 0.05) is 17.7 Å². The predicted octanol–water partition coefficient (Wildman–Crippen LogP) is 2.57. The van der Waals surface area contributed by atoms with Crippen LogP contribution in [0.2, 0.25) is 0 Å². The zero-order chi connectivity index (χ0) is 9.84. The van der Waals surface area contributed by atoms with Crippen LogP contribution in [0.25, 0.3) is 0 Å². The Morgan fingerprint density at radius 1 is 1.85 bits per heavy atom. The highest BCUT2D eigenvalue weighted by atomic mass is 35.5. The molecule has 1 fully saturated rings. The van der Waals surface area contributed by atoms with Crippen molar-refractivity contribution in [1.82, 2.24) is 0 Å². The fourth-order valence-corrected chi connectivity index (χ4v) is 2.43. The summed E-state index contributed by atoms with van der Waals surface area (Å²) < 4.78 is 5.03. The minimum atomic E-state index is -0.0835. The van der Waals surface area contributed by atoms with Crippen molar-refractivity contribution in [1.29, 1.82) is 0 Å². The number of ether oxygens (including phenoxy) is 1. The molecule has 1 heterocycles. The van der Waals surface area contributed by atoms with E-state index in [9.17, 15) is 4.79 Å². The predicted molar refractivity (Wildman–Crippen MR) is 56.0 cm³/mol. The average Bonchev–Trinajstić information content (AvgIpc) is 2.41. The molecular formula is C9H13ClO2S. The molecule has 0 aromatic heterocycles. The van der Waals surface area contributed by atoms with E-state index in [0.717, 1.165) is 17.7 Å². The van der Waals surface area contributed by atoms with E-state index >= 15 is 0 Å². The van der Waals surface area contributed by atoms with Crippen LogP contribution in [-0.4, -0.2) is 23.1 Å². The molecule has 13 heavy (non-hydrogen) atoms. The average molecular weight is 221 g/mol. The lowest BCUT2D eigenvalue weighted by Gasteiger charge is -2.04. The van der Waals surface area contributed by atoms with Crippen molar-refractivity contribution in [2.45, 2.75) is 31.6 Å². The molecule has 74 valence electrons. The third-order valence-electron chi connectivity index (χ3n) is 1.82. The fourth-order valence-electron chi connectivity index (χ4n) is 1.12. The van der Waals surface area contributed by atoms with Gasteiger partial charge in [0.15, 0.2) is 0 Å². The van der Waals surface area contributed by atoms with Gasteiger partial charge in [-0.3, -0.25) is 4.79 Å².